The second-order valence-corrected chi connectivity index (χ2v) is 6.44. The second kappa shape index (κ2) is 5.33. The highest BCUT2D eigenvalue weighted by molar-refractivity contribution is 6.30. The molecule has 120 valence electrons. The van der Waals surface area contributed by atoms with Crippen molar-refractivity contribution in [2.75, 3.05) is 5.32 Å². The van der Waals surface area contributed by atoms with E-state index in [0.29, 0.717) is 12.3 Å². The molecule has 1 aliphatic heterocycles. The Hall–Kier alpha value is -1.43. The molecule has 2 amide bonds. The van der Waals surface area contributed by atoms with Crippen LogP contribution in [0.3, 0.4) is 0 Å². The molecule has 1 aromatic rings. The van der Waals surface area contributed by atoms with Crippen molar-refractivity contribution in [1.29, 1.82) is 0 Å². The first-order valence-electron chi connectivity index (χ1n) is 7.28. The molecule has 3 nitrogen and oxygen atoms in total. The van der Waals surface area contributed by atoms with E-state index < -0.39 is 17.7 Å². The number of carbonyl (C=O) groups is 1. The van der Waals surface area contributed by atoms with E-state index in [1.54, 1.807) is 0 Å². The van der Waals surface area contributed by atoms with E-state index in [-0.39, 0.29) is 22.7 Å². The molecule has 1 heterocycles. The van der Waals surface area contributed by atoms with Crippen LogP contribution in [0.2, 0.25) is 5.02 Å². The van der Waals surface area contributed by atoms with Crippen molar-refractivity contribution in [2.45, 2.75) is 43.8 Å². The van der Waals surface area contributed by atoms with Crippen molar-refractivity contribution >= 4 is 23.3 Å². The molecule has 0 saturated heterocycles. The normalized spacial score (nSPS) is 24.5. The molecule has 22 heavy (non-hydrogen) atoms. The van der Waals surface area contributed by atoms with Crippen LogP contribution in [0, 0.1) is 5.92 Å². The molecule has 1 fully saturated rings. The summed E-state index contributed by atoms with van der Waals surface area (Å²) in [7, 11) is 0. The van der Waals surface area contributed by atoms with E-state index in [4.69, 9.17) is 11.6 Å². The lowest BCUT2D eigenvalue weighted by atomic mass is 9.81. The highest BCUT2D eigenvalue weighted by Gasteiger charge is 2.59. The number of alkyl halides is 3. The third-order valence-electron chi connectivity index (χ3n) is 4.36. The third-order valence-corrected chi connectivity index (χ3v) is 4.60. The van der Waals surface area contributed by atoms with Crippen LogP contribution in [-0.2, 0) is 5.54 Å². The average molecular weight is 333 g/mol. The zero-order valence-electron chi connectivity index (χ0n) is 11.8. The summed E-state index contributed by atoms with van der Waals surface area (Å²) in [5.41, 5.74) is -2.22. The molecule has 0 aromatic heterocycles. The van der Waals surface area contributed by atoms with Gasteiger partial charge in [0.05, 0.1) is 0 Å². The fourth-order valence-corrected chi connectivity index (χ4v) is 3.19. The molecular weight excluding hydrogens is 317 g/mol. The molecule has 0 bridgehead atoms. The molecule has 1 aliphatic carbocycles. The van der Waals surface area contributed by atoms with E-state index >= 15 is 0 Å². The lowest BCUT2D eigenvalue weighted by Gasteiger charge is -2.41. The lowest BCUT2D eigenvalue weighted by molar-refractivity contribution is -0.200. The van der Waals surface area contributed by atoms with Crippen molar-refractivity contribution in [3.05, 3.63) is 28.8 Å². The number of halogens is 4. The Balaban J connectivity index is 1.99. The van der Waals surface area contributed by atoms with Gasteiger partial charge in [0, 0.05) is 16.3 Å². The smallest absolute Gasteiger partial charge is 0.320 e. The van der Waals surface area contributed by atoms with Crippen molar-refractivity contribution in [3.8, 4) is 0 Å². The van der Waals surface area contributed by atoms with E-state index in [1.165, 1.54) is 18.2 Å². The average Bonchev–Trinajstić information content (AvgIpc) is 3.22. The SMILES string of the molecule is O=C1Nc2ccc(Cl)cc2[C@@](CCCC2CC2)(C(F)(F)F)N1. The van der Waals surface area contributed by atoms with Gasteiger partial charge in [-0.1, -0.05) is 37.3 Å². The number of benzene rings is 1. The van der Waals surface area contributed by atoms with Crippen LogP contribution in [0.15, 0.2) is 18.2 Å². The topological polar surface area (TPSA) is 41.1 Å². The number of anilines is 1. The Bertz CT molecular complexity index is 601. The van der Waals surface area contributed by atoms with Crippen molar-refractivity contribution < 1.29 is 18.0 Å². The molecule has 1 saturated carbocycles. The van der Waals surface area contributed by atoms with Gasteiger partial charge in [-0.25, -0.2) is 4.79 Å². The van der Waals surface area contributed by atoms with Crippen LogP contribution >= 0.6 is 11.6 Å². The predicted molar refractivity (Wildman–Crippen MR) is 77.9 cm³/mol. The first-order chi connectivity index (χ1) is 10.3. The minimum Gasteiger partial charge on any atom is -0.320 e. The van der Waals surface area contributed by atoms with Gasteiger partial charge < -0.3 is 10.6 Å². The van der Waals surface area contributed by atoms with E-state index in [2.05, 4.69) is 10.6 Å². The predicted octanol–water partition coefficient (Wildman–Crippen LogP) is 4.81. The fourth-order valence-electron chi connectivity index (χ4n) is 3.02. The summed E-state index contributed by atoms with van der Waals surface area (Å²) in [4.78, 5) is 11.7. The van der Waals surface area contributed by atoms with Crippen LogP contribution in [-0.4, -0.2) is 12.2 Å². The first-order valence-corrected chi connectivity index (χ1v) is 7.65. The summed E-state index contributed by atoms with van der Waals surface area (Å²) in [5.74, 6) is 0.543. The number of nitrogens with one attached hydrogen (secondary N) is 2. The standard InChI is InChI=1S/C15H16ClF3N2O/c16-10-5-6-12-11(8-10)14(15(17,18)19,21-13(22)20-12)7-1-2-9-3-4-9/h5-6,8-9H,1-4,7H2,(H2,20,21,22)/t14-/m0/s1. The number of hydrogen-bond donors (Lipinski definition) is 2. The largest absolute Gasteiger partial charge is 0.415 e. The van der Waals surface area contributed by atoms with E-state index in [1.807, 2.05) is 0 Å². The Morgan fingerprint density at radius 1 is 1.32 bits per heavy atom. The zero-order valence-corrected chi connectivity index (χ0v) is 12.5. The number of rotatable bonds is 4. The number of hydrogen-bond acceptors (Lipinski definition) is 1. The van der Waals surface area contributed by atoms with Crippen LogP contribution in [0.25, 0.3) is 0 Å². The molecular formula is C15H16ClF3N2O. The van der Waals surface area contributed by atoms with Crippen LogP contribution in [0.5, 0.6) is 0 Å². The van der Waals surface area contributed by atoms with Crippen LogP contribution in [0.1, 0.15) is 37.7 Å². The number of carbonyl (C=O) groups excluding carboxylic acids is 1. The summed E-state index contributed by atoms with van der Waals surface area (Å²) in [6.45, 7) is 0. The minimum absolute atomic E-state index is 0.0112. The Morgan fingerprint density at radius 3 is 2.68 bits per heavy atom. The van der Waals surface area contributed by atoms with Gasteiger partial charge >= 0.3 is 12.2 Å². The van der Waals surface area contributed by atoms with E-state index in [9.17, 15) is 18.0 Å². The summed E-state index contributed by atoms with van der Waals surface area (Å²) >= 11 is 5.88. The number of amides is 2. The third kappa shape index (κ3) is 2.76. The quantitative estimate of drug-likeness (QED) is 0.816. The maximum Gasteiger partial charge on any atom is 0.415 e. The zero-order chi connectivity index (χ0) is 16.0. The summed E-state index contributed by atoms with van der Waals surface area (Å²) in [5, 5.41) is 4.75. The number of fused-ring (bicyclic) bond motifs is 1. The van der Waals surface area contributed by atoms with Crippen LogP contribution in [0.4, 0.5) is 23.7 Å². The Kier molecular flexibility index (Phi) is 3.75. The second-order valence-electron chi connectivity index (χ2n) is 6.01. The molecule has 2 aliphatic rings. The van der Waals surface area contributed by atoms with Gasteiger partial charge in [-0.2, -0.15) is 13.2 Å². The highest BCUT2D eigenvalue weighted by atomic mass is 35.5. The molecule has 0 spiro atoms. The van der Waals surface area contributed by atoms with Gasteiger partial charge in [0.15, 0.2) is 5.54 Å². The summed E-state index contributed by atoms with van der Waals surface area (Å²) in [6, 6.07) is 3.34. The van der Waals surface area contributed by atoms with Gasteiger partial charge in [-0.3, -0.25) is 0 Å². The fraction of sp³-hybridized carbons (Fsp3) is 0.533. The molecule has 1 aromatic carbocycles. The monoisotopic (exact) mass is 332 g/mol. The first kappa shape index (κ1) is 15.5. The highest BCUT2D eigenvalue weighted by Crippen LogP contribution is 2.48. The molecule has 0 unspecified atom stereocenters. The molecule has 1 atom stereocenters. The molecule has 0 radical (unpaired) electrons. The van der Waals surface area contributed by atoms with Gasteiger partial charge in [-0.05, 0) is 30.5 Å². The van der Waals surface area contributed by atoms with Gasteiger partial charge in [-0.15, -0.1) is 0 Å². The minimum atomic E-state index is -4.59. The maximum absolute atomic E-state index is 13.8. The maximum atomic E-state index is 13.8. The van der Waals surface area contributed by atoms with Crippen LogP contribution < -0.4 is 10.6 Å². The molecule has 3 rings (SSSR count). The van der Waals surface area contributed by atoms with Gasteiger partial charge in [0.2, 0.25) is 0 Å². The van der Waals surface area contributed by atoms with Gasteiger partial charge in [0.1, 0.15) is 0 Å². The van der Waals surface area contributed by atoms with Gasteiger partial charge in [0.25, 0.3) is 0 Å². The van der Waals surface area contributed by atoms with Crippen molar-refractivity contribution in [3.63, 3.8) is 0 Å². The lowest BCUT2D eigenvalue weighted by Crippen LogP contribution is -2.60. The Morgan fingerprint density at radius 2 is 2.05 bits per heavy atom. The molecule has 7 heteroatoms. The summed E-state index contributed by atoms with van der Waals surface area (Å²) in [6.07, 6.45) is -1.40. The summed E-state index contributed by atoms with van der Waals surface area (Å²) < 4.78 is 41.5. The molecule has 2 N–H and O–H groups in total. The Labute approximate surface area is 131 Å². The number of urea groups is 1. The van der Waals surface area contributed by atoms with Crippen molar-refractivity contribution in [1.82, 2.24) is 5.32 Å². The van der Waals surface area contributed by atoms with E-state index in [0.717, 1.165) is 19.3 Å². The van der Waals surface area contributed by atoms with Crippen molar-refractivity contribution in [2.24, 2.45) is 5.92 Å².